The van der Waals surface area contributed by atoms with Crippen molar-refractivity contribution in [2.24, 2.45) is 35.0 Å². The van der Waals surface area contributed by atoms with Gasteiger partial charge in [0, 0.05) is 13.3 Å². The predicted molar refractivity (Wildman–Crippen MR) is 176 cm³/mol. The molecule has 3 unspecified atom stereocenters. The van der Waals surface area contributed by atoms with Gasteiger partial charge in [0.1, 0.15) is 6.10 Å². The van der Waals surface area contributed by atoms with Gasteiger partial charge in [0.15, 0.2) is 0 Å². The lowest BCUT2D eigenvalue weighted by molar-refractivity contribution is -0.146. The van der Waals surface area contributed by atoms with Gasteiger partial charge >= 0.3 is 5.97 Å². The van der Waals surface area contributed by atoms with Crippen LogP contribution in [0.5, 0.6) is 0 Å². The fraction of sp³-hybridized carbons (Fsp3) is 0.605. The summed E-state index contributed by atoms with van der Waals surface area (Å²) in [5, 5.41) is 0.953. The largest absolute Gasteiger partial charge is 0.462 e. The topological polar surface area (TPSA) is 70.3 Å². The van der Waals surface area contributed by atoms with E-state index in [2.05, 4.69) is 52.8 Å². The SMILES string of the molecule is CC(=O)O[C@H]1CCC2=C(C1)C(/C=C1\CCC[C@]3(C)C1CCC3[C@@H](C)/C=C/[C@@H](C)C(C)C)n1c(=O)c3ccccc3c(=O)n1C2. The molecule has 0 saturated heterocycles. The molecule has 3 aliphatic carbocycles. The first-order chi connectivity index (χ1) is 21.0. The number of esters is 1. The van der Waals surface area contributed by atoms with Crippen LogP contribution in [0.25, 0.3) is 10.8 Å². The van der Waals surface area contributed by atoms with Gasteiger partial charge in [-0.2, -0.15) is 0 Å². The van der Waals surface area contributed by atoms with E-state index in [1.807, 2.05) is 12.1 Å². The summed E-state index contributed by atoms with van der Waals surface area (Å²) < 4.78 is 9.15. The third kappa shape index (κ3) is 5.37. The highest BCUT2D eigenvalue weighted by atomic mass is 16.5. The van der Waals surface area contributed by atoms with E-state index in [4.69, 9.17) is 4.74 Å². The lowest BCUT2D eigenvalue weighted by atomic mass is 9.61. The predicted octanol–water partition coefficient (Wildman–Crippen LogP) is 7.76. The highest BCUT2D eigenvalue weighted by Gasteiger charge is 2.50. The van der Waals surface area contributed by atoms with Crippen molar-refractivity contribution in [2.75, 3.05) is 0 Å². The molecule has 2 heterocycles. The molecule has 0 amide bonds. The number of rotatable bonds is 6. The number of fused-ring (bicyclic) bond motifs is 3. The molecular formula is C38H50N2O4. The van der Waals surface area contributed by atoms with Crippen LogP contribution in [0.15, 0.2) is 68.8 Å². The molecule has 44 heavy (non-hydrogen) atoms. The van der Waals surface area contributed by atoms with Gasteiger partial charge in [-0.05, 0) is 103 Å². The lowest BCUT2D eigenvalue weighted by Gasteiger charge is -2.45. The number of carbonyl (C=O) groups excluding carboxylic acids is 1. The van der Waals surface area contributed by atoms with Crippen LogP contribution in [0.2, 0.25) is 0 Å². The quantitative estimate of drug-likeness (QED) is 0.252. The van der Waals surface area contributed by atoms with Gasteiger partial charge in [0.25, 0.3) is 11.1 Å². The molecule has 1 aliphatic heterocycles. The Labute approximate surface area is 261 Å². The molecule has 0 bridgehead atoms. The number of allylic oxidation sites excluding steroid dienone is 5. The van der Waals surface area contributed by atoms with Crippen molar-refractivity contribution in [3.63, 3.8) is 0 Å². The molecular weight excluding hydrogens is 548 g/mol. The van der Waals surface area contributed by atoms with Crippen molar-refractivity contribution in [1.82, 2.24) is 9.36 Å². The number of benzene rings is 1. The van der Waals surface area contributed by atoms with Crippen LogP contribution >= 0.6 is 0 Å². The van der Waals surface area contributed by atoms with Crippen LogP contribution < -0.4 is 11.1 Å². The molecule has 2 aromatic rings. The van der Waals surface area contributed by atoms with Gasteiger partial charge in [-0.1, -0.05) is 70.6 Å². The smallest absolute Gasteiger partial charge is 0.302 e. The third-order valence-corrected chi connectivity index (χ3v) is 11.9. The van der Waals surface area contributed by atoms with Crippen molar-refractivity contribution in [3.05, 3.63) is 79.9 Å². The standard InChI is InChI=1S/C38H50N2O4/c1-23(2)24(3)13-14-25(4)33-17-18-34-27(10-9-19-38(33,34)6)20-35-32-21-29(44-26(5)41)16-15-28(32)22-39-36(42)30-11-7-8-12-31(30)37(43)40(35)39/h7-8,11-14,20,23-25,29,33-35H,9-10,15-19,21-22H2,1-6H3/b14-13+,27-20+/t24-,25+,29+,33?,34?,35?,38+/m1/s1. The van der Waals surface area contributed by atoms with Gasteiger partial charge < -0.3 is 4.74 Å². The van der Waals surface area contributed by atoms with E-state index in [9.17, 15) is 14.4 Å². The molecule has 2 fully saturated rings. The van der Waals surface area contributed by atoms with Crippen LogP contribution in [0.3, 0.4) is 0 Å². The van der Waals surface area contributed by atoms with Crippen LogP contribution in [0, 0.1) is 35.0 Å². The summed E-state index contributed by atoms with van der Waals surface area (Å²) in [5.74, 6) is 2.55. The van der Waals surface area contributed by atoms with Crippen molar-refractivity contribution >= 4 is 16.7 Å². The van der Waals surface area contributed by atoms with E-state index >= 15 is 0 Å². The van der Waals surface area contributed by atoms with Crippen molar-refractivity contribution in [3.8, 4) is 0 Å². The Morgan fingerprint density at radius 1 is 1.00 bits per heavy atom. The van der Waals surface area contributed by atoms with Gasteiger partial charge in [0.2, 0.25) is 0 Å². The first kappa shape index (κ1) is 30.9. The molecule has 6 heteroatoms. The molecule has 0 radical (unpaired) electrons. The summed E-state index contributed by atoms with van der Waals surface area (Å²) in [7, 11) is 0. The second kappa shape index (κ2) is 12.0. The average Bonchev–Trinajstić information content (AvgIpc) is 3.36. The molecule has 2 saturated carbocycles. The molecule has 0 N–H and O–H groups in total. The summed E-state index contributed by atoms with van der Waals surface area (Å²) >= 11 is 0. The third-order valence-electron chi connectivity index (χ3n) is 11.9. The van der Waals surface area contributed by atoms with Crippen LogP contribution in [-0.2, 0) is 16.1 Å². The van der Waals surface area contributed by atoms with Crippen molar-refractivity contribution in [1.29, 1.82) is 0 Å². The molecule has 6 rings (SSSR count). The van der Waals surface area contributed by atoms with E-state index in [-0.39, 0.29) is 34.6 Å². The highest BCUT2D eigenvalue weighted by molar-refractivity contribution is 5.80. The summed E-state index contributed by atoms with van der Waals surface area (Å²) in [6.45, 7) is 13.7. The highest BCUT2D eigenvalue weighted by Crippen LogP contribution is 2.60. The monoisotopic (exact) mass is 598 g/mol. The van der Waals surface area contributed by atoms with Crippen LogP contribution in [0.4, 0.5) is 0 Å². The first-order valence-corrected chi connectivity index (χ1v) is 17.0. The molecule has 1 aromatic carbocycles. The van der Waals surface area contributed by atoms with Gasteiger partial charge in [0.05, 0.1) is 23.4 Å². The van der Waals surface area contributed by atoms with Gasteiger partial charge in [-0.3, -0.25) is 14.4 Å². The first-order valence-electron chi connectivity index (χ1n) is 17.0. The van der Waals surface area contributed by atoms with E-state index in [1.54, 1.807) is 21.5 Å². The number of nitrogens with zero attached hydrogens (tertiary/aromatic N) is 2. The van der Waals surface area contributed by atoms with Crippen LogP contribution in [-0.4, -0.2) is 21.4 Å². The maximum Gasteiger partial charge on any atom is 0.302 e. The number of aromatic nitrogens is 2. The Bertz CT molecular complexity index is 1650. The Kier molecular flexibility index (Phi) is 8.40. The molecule has 236 valence electrons. The fourth-order valence-corrected chi connectivity index (χ4v) is 9.14. The van der Waals surface area contributed by atoms with E-state index in [1.165, 1.54) is 37.3 Å². The van der Waals surface area contributed by atoms with Crippen molar-refractivity contribution in [2.45, 2.75) is 112 Å². The second-order valence-electron chi connectivity index (χ2n) is 14.8. The maximum atomic E-state index is 14.2. The van der Waals surface area contributed by atoms with Gasteiger partial charge in [-0.25, -0.2) is 9.36 Å². The molecule has 6 nitrogen and oxygen atoms in total. The van der Waals surface area contributed by atoms with Crippen molar-refractivity contribution < 1.29 is 9.53 Å². The normalized spacial score (nSPS) is 30.8. The minimum Gasteiger partial charge on any atom is -0.462 e. The zero-order valence-corrected chi connectivity index (χ0v) is 27.5. The Hall–Kier alpha value is -3.15. The summed E-state index contributed by atoms with van der Waals surface area (Å²) in [4.78, 5) is 39.9. The number of carbonyl (C=O) groups is 1. The van der Waals surface area contributed by atoms with E-state index < -0.39 is 0 Å². The summed E-state index contributed by atoms with van der Waals surface area (Å²) in [6, 6.07) is 6.86. The summed E-state index contributed by atoms with van der Waals surface area (Å²) in [5.41, 5.74) is 3.80. The number of ether oxygens (including phenoxy) is 1. The lowest BCUT2D eigenvalue weighted by Crippen LogP contribution is -2.46. The minimum atomic E-state index is -0.345. The number of hydrogen-bond donors (Lipinski definition) is 0. The average molecular weight is 599 g/mol. The van der Waals surface area contributed by atoms with Crippen LogP contribution in [0.1, 0.15) is 99.0 Å². The molecule has 7 atom stereocenters. The Balaban J connectivity index is 1.42. The minimum absolute atomic E-state index is 0.108. The molecule has 4 aliphatic rings. The zero-order valence-electron chi connectivity index (χ0n) is 27.5. The number of hydrogen-bond acceptors (Lipinski definition) is 4. The Morgan fingerprint density at radius 2 is 1.73 bits per heavy atom. The van der Waals surface area contributed by atoms with Gasteiger partial charge in [-0.15, -0.1) is 0 Å². The van der Waals surface area contributed by atoms with E-state index in [0.717, 1.165) is 31.3 Å². The summed E-state index contributed by atoms with van der Waals surface area (Å²) in [6.07, 6.45) is 15.0. The zero-order chi connectivity index (χ0) is 31.3. The fourth-order valence-electron chi connectivity index (χ4n) is 9.14. The van der Waals surface area contributed by atoms with E-state index in [0.29, 0.717) is 53.3 Å². The second-order valence-corrected chi connectivity index (χ2v) is 14.8. The Morgan fingerprint density at radius 3 is 2.43 bits per heavy atom. The maximum absolute atomic E-state index is 14.2. The molecule has 0 spiro atoms. The molecule has 1 aromatic heterocycles.